The zero-order chi connectivity index (χ0) is 33.8. The molecule has 3 aromatic rings. The number of amides is 3. The number of hydrogen-bond acceptors (Lipinski definition) is 7. The van der Waals surface area contributed by atoms with Gasteiger partial charge in [-0.05, 0) is 47.9 Å². The lowest BCUT2D eigenvalue weighted by Crippen LogP contribution is -2.40. The normalized spacial score (nSPS) is 18.0. The molecule has 1 saturated heterocycles. The topological polar surface area (TPSA) is 147 Å². The first-order valence-electron chi connectivity index (χ1n) is 15.7. The van der Waals surface area contributed by atoms with Crippen LogP contribution >= 0.6 is 0 Å². The van der Waals surface area contributed by atoms with Crippen molar-refractivity contribution >= 4 is 23.7 Å². The summed E-state index contributed by atoms with van der Waals surface area (Å²) in [6, 6.07) is 20.0. The summed E-state index contributed by atoms with van der Waals surface area (Å²) in [5, 5.41) is 10.5. The van der Waals surface area contributed by atoms with Crippen molar-refractivity contribution < 1.29 is 33.8 Å². The number of carbonyl (C=O) groups excluding carboxylic acids is 3. The van der Waals surface area contributed by atoms with Gasteiger partial charge in [0.05, 0.1) is 26.0 Å². The maximum absolute atomic E-state index is 13.5. The number of carbonyl (C=O) groups is 4. The molecule has 12 heteroatoms. The molecule has 0 saturated carbocycles. The maximum Gasteiger partial charge on any atom is 0.300 e. The second-order valence-electron chi connectivity index (χ2n) is 11.5. The number of aryl methyl sites for hydroxylation is 1. The molecular weight excluding hydrogens is 604 g/mol. The van der Waals surface area contributed by atoms with E-state index < -0.39 is 11.9 Å². The number of nitrogens with one attached hydrogen (secondary N) is 1. The van der Waals surface area contributed by atoms with Gasteiger partial charge in [0.25, 0.3) is 11.5 Å². The number of methoxy groups -OCH3 is 1. The van der Waals surface area contributed by atoms with Crippen LogP contribution in [0.5, 0.6) is 11.5 Å². The van der Waals surface area contributed by atoms with E-state index in [4.69, 9.17) is 19.4 Å². The van der Waals surface area contributed by atoms with E-state index in [1.165, 1.54) is 10.6 Å². The fourth-order valence-electron chi connectivity index (χ4n) is 5.74. The fraction of sp³-hybridized carbons (Fsp3) is 0.400. The second kappa shape index (κ2) is 17.0. The number of carboxylic acids is 1. The third kappa shape index (κ3) is 10.2. The Hall–Kier alpha value is -5.13. The van der Waals surface area contributed by atoms with Crippen molar-refractivity contribution in [3.05, 3.63) is 94.4 Å². The number of likely N-dealkylation sites (tertiary alicyclic amines) is 1. The van der Waals surface area contributed by atoms with Crippen LogP contribution in [0.4, 0.5) is 0 Å². The molecule has 0 radical (unpaired) electrons. The molecule has 2 aromatic carbocycles. The molecule has 2 atom stereocenters. The van der Waals surface area contributed by atoms with Crippen molar-refractivity contribution in [1.82, 2.24) is 19.7 Å². The van der Waals surface area contributed by atoms with Crippen LogP contribution in [0.25, 0.3) is 0 Å². The minimum atomic E-state index is -0.833. The summed E-state index contributed by atoms with van der Waals surface area (Å²) in [5.41, 5.74) is 1.68. The van der Waals surface area contributed by atoms with E-state index in [9.17, 15) is 19.2 Å². The molecule has 0 aliphatic carbocycles. The van der Waals surface area contributed by atoms with E-state index in [2.05, 4.69) is 5.32 Å². The summed E-state index contributed by atoms with van der Waals surface area (Å²) in [6.45, 7) is 3.72. The summed E-state index contributed by atoms with van der Waals surface area (Å²) >= 11 is 0. The van der Waals surface area contributed by atoms with Crippen LogP contribution in [-0.4, -0.2) is 89.6 Å². The van der Waals surface area contributed by atoms with Crippen LogP contribution in [0.3, 0.4) is 0 Å². The second-order valence-corrected chi connectivity index (χ2v) is 11.5. The first-order chi connectivity index (χ1) is 22.6. The molecule has 250 valence electrons. The summed E-state index contributed by atoms with van der Waals surface area (Å²) in [5.74, 6) is -0.215. The maximum atomic E-state index is 13.5. The van der Waals surface area contributed by atoms with Gasteiger partial charge in [-0.25, -0.2) is 0 Å². The predicted octanol–water partition coefficient (Wildman–Crippen LogP) is 2.55. The van der Waals surface area contributed by atoms with Crippen molar-refractivity contribution in [2.45, 2.75) is 38.6 Å². The molecule has 1 aromatic heterocycles. The van der Waals surface area contributed by atoms with Crippen molar-refractivity contribution in [1.29, 1.82) is 0 Å². The molecule has 5 rings (SSSR count). The molecule has 2 aliphatic heterocycles. The lowest BCUT2D eigenvalue weighted by Gasteiger charge is -2.25. The van der Waals surface area contributed by atoms with Crippen LogP contribution in [0.15, 0.2) is 77.7 Å². The van der Waals surface area contributed by atoms with Gasteiger partial charge in [-0.1, -0.05) is 30.3 Å². The molecule has 0 spiro atoms. The summed E-state index contributed by atoms with van der Waals surface area (Å²) in [6.07, 6.45) is 2.69. The molecule has 47 heavy (non-hydrogen) atoms. The van der Waals surface area contributed by atoms with Crippen LogP contribution in [0.2, 0.25) is 0 Å². The largest absolute Gasteiger partial charge is 0.497 e. The van der Waals surface area contributed by atoms with Gasteiger partial charge >= 0.3 is 0 Å². The number of benzene rings is 2. The number of hydrogen-bond donors (Lipinski definition) is 2. The van der Waals surface area contributed by atoms with Crippen molar-refractivity contribution in [2.24, 2.45) is 5.92 Å². The van der Waals surface area contributed by atoms with Crippen molar-refractivity contribution in [3.63, 3.8) is 0 Å². The Labute approximate surface area is 273 Å². The summed E-state index contributed by atoms with van der Waals surface area (Å²) < 4.78 is 12.8. The number of fused-ring (bicyclic) bond motifs is 4. The molecule has 2 bridgehead atoms. The van der Waals surface area contributed by atoms with Crippen molar-refractivity contribution in [3.8, 4) is 11.5 Å². The minimum absolute atomic E-state index is 0.0253. The molecule has 0 unspecified atom stereocenters. The zero-order valence-electron chi connectivity index (χ0n) is 26.8. The average molecular weight is 647 g/mol. The highest BCUT2D eigenvalue weighted by Crippen LogP contribution is 2.35. The van der Waals surface area contributed by atoms with Crippen LogP contribution in [0, 0.1) is 5.92 Å². The lowest BCUT2D eigenvalue weighted by molar-refractivity contribution is -0.134. The molecule has 2 aliphatic rings. The van der Waals surface area contributed by atoms with E-state index in [0.717, 1.165) is 23.8 Å². The molecule has 1 fully saturated rings. The fourth-order valence-corrected chi connectivity index (χ4v) is 5.74. The number of carboxylic acid groups (broad SMARTS) is 1. The highest BCUT2D eigenvalue weighted by atomic mass is 16.5. The van der Waals surface area contributed by atoms with E-state index >= 15 is 0 Å². The smallest absolute Gasteiger partial charge is 0.300 e. The molecule has 3 amide bonds. The third-order valence-electron chi connectivity index (χ3n) is 8.16. The number of pyridine rings is 1. The zero-order valence-corrected chi connectivity index (χ0v) is 26.8. The Morgan fingerprint density at radius 3 is 2.40 bits per heavy atom. The number of rotatable bonds is 6. The van der Waals surface area contributed by atoms with Gasteiger partial charge in [0.1, 0.15) is 18.1 Å². The van der Waals surface area contributed by atoms with Gasteiger partial charge < -0.3 is 34.3 Å². The molecule has 2 N–H and O–H groups in total. The SMILES string of the molecule is CC(=O)O.COc1ccc(CC(=O)N2C[C@@H]3C(=O)NCCCN(C(=O)CCn4ccccc4=O)CCOc4cccc(c4)[C@H]3C2)cc1. The molecule has 3 heterocycles. The third-order valence-corrected chi connectivity index (χ3v) is 8.16. The van der Waals surface area contributed by atoms with Gasteiger partial charge in [-0.15, -0.1) is 0 Å². The Balaban J connectivity index is 0.00000118. The lowest BCUT2D eigenvalue weighted by atomic mass is 9.88. The monoisotopic (exact) mass is 646 g/mol. The highest BCUT2D eigenvalue weighted by molar-refractivity contribution is 5.84. The Morgan fingerprint density at radius 2 is 1.68 bits per heavy atom. The Morgan fingerprint density at radius 1 is 0.936 bits per heavy atom. The van der Waals surface area contributed by atoms with E-state index in [-0.39, 0.29) is 42.0 Å². The number of aromatic nitrogens is 1. The number of nitrogens with zero attached hydrogens (tertiary/aromatic N) is 3. The summed E-state index contributed by atoms with van der Waals surface area (Å²) in [7, 11) is 1.60. The number of aliphatic carboxylic acids is 1. The van der Waals surface area contributed by atoms with Gasteiger partial charge in [-0.2, -0.15) is 0 Å². The van der Waals surface area contributed by atoms with E-state index in [1.807, 2.05) is 48.5 Å². The number of ether oxygens (including phenoxy) is 2. The van der Waals surface area contributed by atoms with Gasteiger partial charge in [0.2, 0.25) is 17.7 Å². The minimum Gasteiger partial charge on any atom is -0.497 e. The predicted molar refractivity (Wildman–Crippen MR) is 174 cm³/mol. The standard InChI is InChI=1S/C33H38N4O6.C2H4O2/c1-42-26-11-9-24(10-12-26)20-32(40)37-22-28-25-6-4-7-27(21-25)43-19-18-36(16-5-14-34-33(41)29(28)23-37)31(39)13-17-35-15-3-2-8-30(35)38;1-2(3)4/h2-4,6-12,15,21,28-29H,5,13-14,16-20,22-23H2,1H3,(H,34,41);1H3,(H,3,4)/t28-,29+;/m1./s1. The average Bonchev–Trinajstić information content (AvgIpc) is 3.51. The Kier molecular flexibility index (Phi) is 12.5. The molecular formula is C35H42N4O8. The van der Waals surface area contributed by atoms with Crippen LogP contribution in [-0.2, 0) is 32.1 Å². The van der Waals surface area contributed by atoms with Gasteiger partial charge in [0, 0.05) is 64.2 Å². The van der Waals surface area contributed by atoms with Crippen LogP contribution in [0.1, 0.15) is 36.8 Å². The van der Waals surface area contributed by atoms with E-state index in [1.54, 1.807) is 35.2 Å². The summed E-state index contributed by atoms with van der Waals surface area (Å²) in [4.78, 5) is 64.4. The van der Waals surface area contributed by atoms with Crippen LogP contribution < -0.4 is 20.3 Å². The molecule has 12 nitrogen and oxygen atoms in total. The van der Waals surface area contributed by atoms with Crippen molar-refractivity contribution in [2.75, 3.05) is 46.4 Å². The highest BCUT2D eigenvalue weighted by Gasteiger charge is 2.40. The van der Waals surface area contributed by atoms with Gasteiger partial charge in [0.15, 0.2) is 0 Å². The Bertz CT molecular complexity index is 1580. The first kappa shape index (κ1) is 34.7. The first-order valence-corrected chi connectivity index (χ1v) is 15.7. The van der Waals surface area contributed by atoms with E-state index in [0.29, 0.717) is 58.0 Å². The quantitative estimate of drug-likeness (QED) is 0.416. The van der Waals surface area contributed by atoms with Gasteiger partial charge in [-0.3, -0.25) is 24.0 Å².